The molecule has 2 aromatic heterocycles. The summed E-state index contributed by atoms with van der Waals surface area (Å²) in [6.07, 6.45) is 3.69. The van der Waals surface area contributed by atoms with Crippen molar-refractivity contribution in [3.63, 3.8) is 0 Å². The van der Waals surface area contributed by atoms with Crippen LogP contribution in [0.2, 0.25) is 0 Å². The quantitative estimate of drug-likeness (QED) is 0.180. The molecule has 3 nitrogen and oxygen atoms in total. The first-order valence-corrected chi connectivity index (χ1v) is 14.3. The Hall–Kier alpha value is -4.37. The van der Waals surface area contributed by atoms with Crippen molar-refractivity contribution in [2.75, 3.05) is 5.32 Å². The van der Waals surface area contributed by atoms with Crippen LogP contribution >= 0.6 is 0 Å². The van der Waals surface area contributed by atoms with E-state index in [4.69, 9.17) is 0 Å². The number of aromatic nitrogens is 2. The number of benzene rings is 4. The van der Waals surface area contributed by atoms with Gasteiger partial charge in [0.15, 0.2) is 0 Å². The van der Waals surface area contributed by atoms with Crippen molar-refractivity contribution in [2.45, 2.75) is 33.1 Å². The van der Waals surface area contributed by atoms with E-state index in [9.17, 15) is 0 Å². The van der Waals surface area contributed by atoms with Crippen LogP contribution in [0, 0.1) is 19.1 Å². The topological polar surface area (TPSA) is 37.8 Å². The Balaban J connectivity index is 0.000000238. The average Bonchev–Trinajstić information content (AvgIpc) is 3.03. The third-order valence-electron chi connectivity index (χ3n) is 7.61. The molecular weight excluding hydrogens is 703 g/mol. The van der Waals surface area contributed by atoms with Crippen LogP contribution < -0.4 is 5.32 Å². The molecule has 7 rings (SSSR count). The summed E-state index contributed by atoms with van der Waals surface area (Å²) in [5.74, 6) is 0. The minimum absolute atomic E-state index is 0. The summed E-state index contributed by atoms with van der Waals surface area (Å²) in [5.41, 5.74) is 13.7. The summed E-state index contributed by atoms with van der Waals surface area (Å²) in [4.78, 5) is 8.87. The van der Waals surface area contributed by atoms with Gasteiger partial charge in [-0.25, -0.2) is 0 Å². The molecular formula is C39H33IrN3-2. The Bertz CT molecular complexity index is 1800. The second kappa shape index (κ2) is 12.9. The molecule has 3 heterocycles. The minimum atomic E-state index is 0. The molecule has 1 aliphatic rings. The van der Waals surface area contributed by atoms with Crippen molar-refractivity contribution in [3.05, 3.63) is 145 Å². The predicted molar refractivity (Wildman–Crippen MR) is 175 cm³/mol. The van der Waals surface area contributed by atoms with Crippen molar-refractivity contribution in [1.29, 1.82) is 0 Å². The van der Waals surface area contributed by atoms with Crippen molar-refractivity contribution >= 4 is 11.4 Å². The van der Waals surface area contributed by atoms with E-state index >= 15 is 0 Å². The van der Waals surface area contributed by atoms with Crippen LogP contribution in [0.4, 0.5) is 11.4 Å². The maximum absolute atomic E-state index is 4.65. The Morgan fingerprint density at radius 2 is 1.33 bits per heavy atom. The number of hydrogen-bond donors (Lipinski definition) is 1. The predicted octanol–water partition coefficient (Wildman–Crippen LogP) is 10.1. The molecule has 0 spiro atoms. The summed E-state index contributed by atoms with van der Waals surface area (Å²) >= 11 is 0. The number of hydrogen-bond acceptors (Lipinski definition) is 3. The summed E-state index contributed by atoms with van der Waals surface area (Å²) in [5, 5.41) is 3.65. The third-order valence-corrected chi connectivity index (χ3v) is 7.61. The number of fused-ring (bicyclic) bond motifs is 6. The monoisotopic (exact) mass is 736 g/mol. The van der Waals surface area contributed by atoms with Gasteiger partial charge < -0.3 is 15.3 Å². The van der Waals surface area contributed by atoms with E-state index in [-0.39, 0.29) is 25.5 Å². The second-order valence-electron chi connectivity index (χ2n) is 11.5. The van der Waals surface area contributed by atoms with Crippen LogP contribution in [0.15, 0.2) is 122 Å². The molecule has 43 heavy (non-hydrogen) atoms. The first kappa shape index (κ1) is 30.1. The molecule has 0 saturated heterocycles. The van der Waals surface area contributed by atoms with Gasteiger partial charge >= 0.3 is 0 Å². The van der Waals surface area contributed by atoms with Gasteiger partial charge in [-0.15, -0.1) is 59.7 Å². The van der Waals surface area contributed by atoms with Crippen LogP contribution in [0.3, 0.4) is 0 Å². The van der Waals surface area contributed by atoms with Crippen molar-refractivity contribution in [3.8, 4) is 44.8 Å². The van der Waals surface area contributed by atoms with Gasteiger partial charge in [0.1, 0.15) is 0 Å². The molecule has 0 saturated carbocycles. The summed E-state index contributed by atoms with van der Waals surface area (Å²) < 4.78 is 0. The van der Waals surface area contributed by atoms with Crippen LogP contribution in [0.5, 0.6) is 0 Å². The molecule has 2 bridgehead atoms. The van der Waals surface area contributed by atoms with E-state index in [0.717, 1.165) is 33.9 Å². The number of para-hydroxylation sites is 1. The molecule has 1 radical (unpaired) electrons. The van der Waals surface area contributed by atoms with Gasteiger partial charge in [-0.2, -0.15) is 0 Å². The van der Waals surface area contributed by atoms with E-state index in [0.29, 0.717) is 0 Å². The third kappa shape index (κ3) is 6.51. The van der Waals surface area contributed by atoms with Crippen molar-refractivity contribution < 1.29 is 20.1 Å². The van der Waals surface area contributed by atoms with E-state index in [2.05, 4.69) is 122 Å². The minimum Gasteiger partial charge on any atom is -0.394 e. The van der Waals surface area contributed by atoms with Crippen molar-refractivity contribution in [1.82, 2.24) is 9.97 Å². The molecule has 0 amide bonds. The number of pyridine rings is 2. The first-order chi connectivity index (χ1) is 20.4. The maximum atomic E-state index is 4.65. The van der Waals surface area contributed by atoms with E-state index in [1.165, 1.54) is 33.4 Å². The number of nitrogens with one attached hydrogen (secondary N) is 1. The van der Waals surface area contributed by atoms with Crippen LogP contribution in [-0.4, -0.2) is 9.97 Å². The molecule has 4 aromatic carbocycles. The van der Waals surface area contributed by atoms with Crippen LogP contribution in [0.25, 0.3) is 44.8 Å². The fourth-order valence-corrected chi connectivity index (χ4v) is 5.28. The molecule has 0 aliphatic carbocycles. The molecule has 1 N–H and O–H groups in total. The van der Waals surface area contributed by atoms with Gasteiger partial charge in [-0.1, -0.05) is 80.9 Å². The van der Waals surface area contributed by atoms with Gasteiger partial charge in [0.05, 0.1) is 0 Å². The fourth-order valence-electron chi connectivity index (χ4n) is 5.28. The molecule has 0 fully saturated rings. The Labute approximate surface area is 268 Å². The zero-order chi connectivity index (χ0) is 29.1. The first-order valence-electron chi connectivity index (χ1n) is 14.3. The van der Waals surface area contributed by atoms with Gasteiger partial charge in [0, 0.05) is 43.7 Å². The molecule has 6 aromatic rings. The average molecular weight is 736 g/mol. The van der Waals surface area contributed by atoms with Gasteiger partial charge in [0.25, 0.3) is 0 Å². The Morgan fingerprint density at radius 1 is 0.605 bits per heavy atom. The van der Waals surface area contributed by atoms with Gasteiger partial charge in [0.2, 0.25) is 0 Å². The van der Waals surface area contributed by atoms with Crippen LogP contribution in [-0.2, 0) is 25.5 Å². The standard InChI is InChI=1S/C28H25N2.C11H8N.Ir/c1-18-21-9-7-10-22(18)24-16-19(27-17-20(14-15-29-27)28(2,3)4)12-13-26(24)30-25-11-6-5-8-23(21)25;1-2-6-10(7-3-1)11-8-4-5-9-12-11;/h5-11,13-17,30H,1-4H3;1-6,8-9H;/q2*-1;. The normalized spacial score (nSPS) is 11.3. The second-order valence-corrected chi connectivity index (χ2v) is 11.5. The molecule has 0 atom stereocenters. The molecule has 215 valence electrons. The summed E-state index contributed by atoms with van der Waals surface area (Å²) in [7, 11) is 0. The summed E-state index contributed by atoms with van der Waals surface area (Å²) in [6, 6.07) is 43.9. The zero-order valence-corrected chi connectivity index (χ0v) is 27.2. The number of nitrogens with zero attached hydrogens (tertiary/aromatic N) is 2. The smallest absolute Gasteiger partial charge is 0.0381 e. The van der Waals surface area contributed by atoms with E-state index < -0.39 is 0 Å². The fraction of sp³-hybridized carbons (Fsp3) is 0.128. The van der Waals surface area contributed by atoms with E-state index in [1.807, 2.05) is 48.7 Å². The SMILES string of the molecule is Cc1c2cccc1-c1cc(-c3cc(C(C)(C)C)ccn3)[c-]cc1Nc1ccccc1-2.[Ir].[c-]1ccccc1-c1ccccn1. The number of rotatable bonds is 2. The van der Waals surface area contributed by atoms with Crippen molar-refractivity contribution in [2.24, 2.45) is 0 Å². The molecule has 0 unspecified atom stereocenters. The Kier molecular flexibility index (Phi) is 9.01. The van der Waals surface area contributed by atoms with Crippen LogP contribution in [0.1, 0.15) is 31.9 Å². The Morgan fingerprint density at radius 3 is 2.07 bits per heavy atom. The van der Waals surface area contributed by atoms with E-state index in [1.54, 1.807) is 6.20 Å². The maximum Gasteiger partial charge on any atom is 0.0381 e. The molecule has 1 aliphatic heterocycles. The van der Waals surface area contributed by atoms with Gasteiger partial charge in [-0.05, 0) is 69.9 Å². The molecule has 4 heteroatoms. The zero-order valence-electron chi connectivity index (χ0n) is 24.8. The largest absolute Gasteiger partial charge is 0.394 e. The summed E-state index contributed by atoms with van der Waals surface area (Å²) in [6.45, 7) is 8.90. The number of anilines is 2. The van der Waals surface area contributed by atoms with Gasteiger partial charge in [-0.3, -0.25) is 0 Å².